The molecule has 0 amide bonds. The van der Waals surface area contributed by atoms with E-state index in [1.807, 2.05) is 12.3 Å². The normalized spacial score (nSPS) is 12.1. The first kappa shape index (κ1) is 13.5. The summed E-state index contributed by atoms with van der Waals surface area (Å²) in [4.78, 5) is 14.8. The second kappa shape index (κ2) is 5.79. The SMILES string of the molecule is Cc1ccnc(NC(C)Cc2ccsc2)c1[N+](=O)[O-]. The van der Waals surface area contributed by atoms with E-state index < -0.39 is 0 Å². The zero-order valence-corrected chi connectivity index (χ0v) is 11.6. The Labute approximate surface area is 115 Å². The quantitative estimate of drug-likeness (QED) is 0.671. The van der Waals surface area contributed by atoms with Crippen LogP contribution in [0.5, 0.6) is 0 Å². The van der Waals surface area contributed by atoms with Crippen LogP contribution in [0.3, 0.4) is 0 Å². The van der Waals surface area contributed by atoms with Gasteiger partial charge in [0.05, 0.1) is 4.92 Å². The van der Waals surface area contributed by atoms with Crippen molar-refractivity contribution in [2.24, 2.45) is 0 Å². The summed E-state index contributed by atoms with van der Waals surface area (Å²) in [5.74, 6) is 0.340. The number of anilines is 1. The number of aromatic nitrogens is 1. The summed E-state index contributed by atoms with van der Waals surface area (Å²) in [6.07, 6.45) is 2.40. The molecule has 1 unspecified atom stereocenters. The first-order chi connectivity index (χ1) is 9.08. The molecule has 2 aromatic rings. The number of nitrogens with one attached hydrogen (secondary N) is 1. The predicted octanol–water partition coefficient (Wildman–Crippen LogP) is 3.40. The van der Waals surface area contributed by atoms with Crippen LogP contribution in [0.15, 0.2) is 29.1 Å². The first-order valence-electron chi connectivity index (χ1n) is 5.95. The Kier molecular flexibility index (Phi) is 4.11. The van der Waals surface area contributed by atoms with Crippen LogP contribution in [0.25, 0.3) is 0 Å². The maximum Gasteiger partial charge on any atom is 0.314 e. The highest BCUT2D eigenvalue weighted by atomic mass is 32.1. The summed E-state index contributed by atoms with van der Waals surface area (Å²) >= 11 is 1.65. The third-order valence-corrected chi connectivity index (χ3v) is 3.55. The van der Waals surface area contributed by atoms with Crippen molar-refractivity contribution in [1.82, 2.24) is 4.98 Å². The maximum atomic E-state index is 11.1. The van der Waals surface area contributed by atoms with Crippen LogP contribution in [-0.4, -0.2) is 15.9 Å². The predicted molar refractivity (Wildman–Crippen MR) is 76.7 cm³/mol. The van der Waals surface area contributed by atoms with E-state index >= 15 is 0 Å². The third-order valence-electron chi connectivity index (χ3n) is 2.81. The van der Waals surface area contributed by atoms with Gasteiger partial charge in [0.1, 0.15) is 0 Å². The van der Waals surface area contributed by atoms with Gasteiger partial charge in [-0.2, -0.15) is 11.3 Å². The minimum atomic E-state index is -0.387. The molecule has 0 aliphatic rings. The molecule has 0 aromatic carbocycles. The van der Waals surface area contributed by atoms with Crippen molar-refractivity contribution < 1.29 is 4.92 Å². The van der Waals surface area contributed by atoms with Gasteiger partial charge in [0.25, 0.3) is 0 Å². The Morgan fingerprint density at radius 1 is 1.53 bits per heavy atom. The smallest absolute Gasteiger partial charge is 0.314 e. The van der Waals surface area contributed by atoms with E-state index in [9.17, 15) is 10.1 Å². The van der Waals surface area contributed by atoms with Crippen molar-refractivity contribution in [1.29, 1.82) is 0 Å². The molecule has 2 aromatic heterocycles. The summed E-state index contributed by atoms with van der Waals surface area (Å²) in [7, 11) is 0. The fourth-order valence-corrected chi connectivity index (χ4v) is 2.61. The van der Waals surface area contributed by atoms with Crippen LogP contribution < -0.4 is 5.32 Å². The topological polar surface area (TPSA) is 68.1 Å². The lowest BCUT2D eigenvalue weighted by Gasteiger charge is -2.14. The average molecular weight is 277 g/mol. The van der Waals surface area contributed by atoms with Crippen molar-refractivity contribution in [2.45, 2.75) is 26.3 Å². The molecule has 1 N–H and O–H groups in total. The number of aryl methyl sites for hydroxylation is 1. The molecule has 0 saturated heterocycles. The highest BCUT2D eigenvalue weighted by Crippen LogP contribution is 2.26. The monoisotopic (exact) mass is 277 g/mol. The lowest BCUT2D eigenvalue weighted by Crippen LogP contribution is -2.19. The molecule has 5 nitrogen and oxygen atoms in total. The van der Waals surface area contributed by atoms with Crippen molar-refractivity contribution >= 4 is 22.8 Å². The number of nitro groups is 1. The number of pyridine rings is 1. The number of thiophene rings is 1. The zero-order chi connectivity index (χ0) is 13.8. The van der Waals surface area contributed by atoms with E-state index in [1.165, 1.54) is 5.56 Å². The molecule has 6 heteroatoms. The largest absolute Gasteiger partial charge is 0.362 e. The molecule has 0 fully saturated rings. The zero-order valence-electron chi connectivity index (χ0n) is 10.8. The highest BCUT2D eigenvalue weighted by molar-refractivity contribution is 7.07. The second-order valence-electron chi connectivity index (χ2n) is 4.46. The summed E-state index contributed by atoms with van der Waals surface area (Å²) in [5, 5.41) is 18.3. The van der Waals surface area contributed by atoms with E-state index in [0.717, 1.165) is 6.42 Å². The number of hydrogen-bond acceptors (Lipinski definition) is 5. The molecule has 0 bridgehead atoms. The van der Waals surface area contributed by atoms with Crippen LogP contribution in [0.1, 0.15) is 18.1 Å². The van der Waals surface area contributed by atoms with Gasteiger partial charge in [-0.3, -0.25) is 10.1 Å². The average Bonchev–Trinajstić information content (AvgIpc) is 2.81. The van der Waals surface area contributed by atoms with Gasteiger partial charge in [-0.05, 0) is 48.7 Å². The standard InChI is InChI=1S/C13H15N3O2S/c1-9-3-5-14-13(12(9)16(17)18)15-10(2)7-11-4-6-19-8-11/h3-6,8,10H,7H2,1-2H3,(H,14,15). The molecule has 0 radical (unpaired) electrons. The number of nitrogens with zero attached hydrogens (tertiary/aromatic N) is 2. The molecule has 2 rings (SSSR count). The van der Waals surface area contributed by atoms with Crippen LogP contribution in [0, 0.1) is 17.0 Å². The minimum Gasteiger partial charge on any atom is -0.362 e. The van der Waals surface area contributed by atoms with Gasteiger partial charge in [-0.25, -0.2) is 4.98 Å². The Morgan fingerprint density at radius 2 is 2.32 bits per heavy atom. The second-order valence-corrected chi connectivity index (χ2v) is 5.24. The Bertz CT molecular complexity index is 569. The summed E-state index contributed by atoms with van der Waals surface area (Å²) in [6.45, 7) is 3.71. The van der Waals surface area contributed by atoms with E-state index in [4.69, 9.17) is 0 Å². The Hall–Kier alpha value is -1.95. The molecule has 0 aliphatic heterocycles. The lowest BCUT2D eigenvalue weighted by atomic mass is 10.1. The van der Waals surface area contributed by atoms with Crippen LogP contribution in [0.2, 0.25) is 0 Å². The van der Waals surface area contributed by atoms with E-state index in [-0.39, 0.29) is 16.7 Å². The molecule has 19 heavy (non-hydrogen) atoms. The van der Waals surface area contributed by atoms with Crippen molar-refractivity contribution in [3.8, 4) is 0 Å². The fourth-order valence-electron chi connectivity index (χ4n) is 1.93. The summed E-state index contributed by atoms with van der Waals surface area (Å²) in [5.41, 5.74) is 1.89. The van der Waals surface area contributed by atoms with Crippen LogP contribution in [-0.2, 0) is 6.42 Å². The van der Waals surface area contributed by atoms with Gasteiger partial charge in [-0.1, -0.05) is 0 Å². The molecular formula is C13H15N3O2S. The molecule has 100 valence electrons. The number of rotatable bonds is 5. The molecule has 2 heterocycles. The van der Waals surface area contributed by atoms with Crippen LogP contribution >= 0.6 is 11.3 Å². The van der Waals surface area contributed by atoms with E-state index in [2.05, 4.69) is 21.7 Å². The van der Waals surface area contributed by atoms with E-state index in [0.29, 0.717) is 11.4 Å². The summed E-state index contributed by atoms with van der Waals surface area (Å²) in [6, 6.07) is 3.79. The first-order valence-corrected chi connectivity index (χ1v) is 6.90. The lowest BCUT2D eigenvalue weighted by molar-refractivity contribution is -0.384. The van der Waals surface area contributed by atoms with Gasteiger partial charge in [-0.15, -0.1) is 0 Å². The Morgan fingerprint density at radius 3 is 2.95 bits per heavy atom. The van der Waals surface area contributed by atoms with Crippen molar-refractivity contribution in [3.63, 3.8) is 0 Å². The number of hydrogen-bond donors (Lipinski definition) is 1. The third kappa shape index (κ3) is 3.29. The molecule has 0 saturated carbocycles. The molecular weight excluding hydrogens is 262 g/mol. The van der Waals surface area contributed by atoms with Crippen LogP contribution in [0.4, 0.5) is 11.5 Å². The van der Waals surface area contributed by atoms with Gasteiger partial charge in [0, 0.05) is 17.8 Å². The van der Waals surface area contributed by atoms with Gasteiger partial charge in [0.2, 0.25) is 5.82 Å². The van der Waals surface area contributed by atoms with Gasteiger partial charge < -0.3 is 5.32 Å². The maximum absolute atomic E-state index is 11.1. The fraction of sp³-hybridized carbons (Fsp3) is 0.308. The van der Waals surface area contributed by atoms with Gasteiger partial charge >= 0.3 is 5.69 Å². The molecule has 0 spiro atoms. The van der Waals surface area contributed by atoms with E-state index in [1.54, 1.807) is 30.5 Å². The Balaban J connectivity index is 2.14. The van der Waals surface area contributed by atoms with Crippen molar-refractivity contribution in [2.75, 3.05) is 5.32 Å². The van der Waals surface area contributed by atoms with Gasteiger partial charge in [0.15, 0.2) is 0 Å². The molecule has 0 aliphatic carbocycles. The highest BCUT2D eigenvalue weighted by Gasteiger charge is 2.19. The molecule has 1 atom stereocenters. The minimum absolute atomic E-state index is 0.0552. The summed E-state index contributed by atoms with van der Waals surface area (Å²) < 4.78 is 0. The van der Waals surface area contributed by atoms with Crippen molar-refractivity contribution in [3.05, 3.63) is 50.3 Å².